The third kappa shape index (κ3) is 2.25. The summed E-state index contributed by atoms with van der Waals surface area (Å²) in [5, 5.41) is 12.3. The van der Waals surface area contributed by atoms with Gasteiger partial charge in [0.1, 0.15) is 11.9 Å². The lowest BCUT2D eigenvalue weighted by Gasteiger charge is -2.29. The minimum absolute atomic E-state index is 0.0805. The summed E-state index contributed by atoms with van der Waals surface area (Å²) in [5.74, 6) is 0.766. The van der Waals surface area contributed by atoms with Crippen LogP contribution in [-0.4, -0.2) is 5.11 Å². The topological polar surface area (TPSA) is 29.5 Å². The summed E-state index contributed by atoms with van der Waals surface area (Å²) in [6.07, 6.45) is 0.0241. The summed E-state index contributed by atoms with van der Waals surface area (Å²) in [4.78, 5) is 1.13. The molecule has 0 bridgehead atoms. The van der Waals surface area contributed by atoms with Gasteiger partial charge in [-0.05, 0) is 45.6 Å². The van der Waals surface area contributed by atoms with Crippen LogP contribution in [0, 0.1) is 0 Å². The Labute approximate surface area is 126 Å². The van der Waals surface area contributed by atoms with Crippen molar-refractivity contribution in [3.05, 3.63) is 49.0 Å². The molecule has 0 fully saturated rings. The van der Waals surface area contributed by atoms with Crippen molar-refractivity contribution in [1.29, 1.82) is 0 Å². The molecule has 94 valence electrons. The van der Waals surface area contributed by atoms with Crippen molar-refractivity contribution in [1.82, 2.24) is 0 Å². The Morgan fingerprint density at radius 2 is 2.11 bits per heavy atom. The van der Waals surface area contributed by atoms with Crippen LogP contribution in [0.2, 0.25) is 0 Å². The predicted octanol–water partition coefficient (Wildman–Crippen LogP) is 4.83. The van der Waals surface area contributed by atoms with Gasteiger partial charge in [0.25, 0.3) is 0 Å². The highest BCUT2D eigenvalue weighted by Gasteiger charge is 2.29. The van der Waals surface area contributed by atoms with E-state index in [0.29, 0.717) is 6.42 Å². The van der Waals surface area contributed by atoms with E-state index in [-0.39, 0.29) is 6.10 Å². The fourth-order valence-corrected chi connectivity index (χ4v) is 4.16. The molecule has 0 aliphatic carbocycles. The molecular formula is C13H10Br2O2S. The fourth-order valence-electron chi connectivity index (χ4n) is 2.11. The van der Waals surface area contributed by atoms with Crippen LogP contribution >= 0.6 is 43.2 Å². The maximum absolute atomic E-state index is 10.2. The Morgan fingerprint density at radius 1 is 1.28 bits per heavy atom. The number of halogens is 2. The summed E-state index contributed by atoms with van der Waals surface area (Å²) in [7, 11) is 0. The summed E-state index contributed by atoms with van der Waals surface area (Å²) in [5.41, 5.74) is 0.855. The van der Waals surface area contributed by atoms with Crippen molar-refractivity contribution in [3.63, 3.8) is 0 Å². The zero-order valence-electron chi connectivity index (χ0n) is 9.27. The van der Waals surface area contributed by atoms with Crippen LogP contribution in [0.4, 0.5) is 0 Å². The van der Waals surface area contributed by atoms with Gasteiger partial charge in [-0.15, -0.1) is 11.3 Å². The van der Waals surface area contributed by atoms with Crippen molar-refractivity contribution in [3.8, 4) is 5.75 Å². The molecule has 1 unspecified atom stereocenters. The molecule has 18 heavy (non-hydrogen) atoms. The minimum atomic E-state index is -0.481. The molecule has 1 aromatic heterocycles. The first-order chi connectivity index (χ1) is 8.65. The smallest absolute Gasteiger partial charge is 0.137 e. The number of rotatable bonds is 1. The molecule has 2 heterocycles. The van der Waals surface area contributed by atoms with Gasteiger partial charge in [-0.1, -0.05) is 15.9 Å². The Morgan fingerprint density at radius 3 is 2.83 bits per heavy atom. The third-order valence-corrected chi connectivity index (χ3v) is 5.43. The number of hydrogen-bond donors (Lipinski definition) is 1. The number of aliphatic hydroxyl groups is 1. The first kappa shape index (κ1) is 12.7. The zero-order chi connectivity index (χ0) is 12.7. The van der Waals surface area contributed by atoms with Gasteiger partial charge in [0.05, 0.1) is 11.0 Å². The highest BCUT2D eigenvalue weighted by Crippen LogP contribution is 2.44. The van der Waals surface area contributed by atoms with Crippen molar-refractivity contribution < 1.29 is 9.84 Å². The largest absolute Gasteiger partial charge is 0.484 e. The van der Waals surface area contributed by atoms with Crippen LogP contribution in [0.5, 0.6) is 5.75 Å². The molecule has 5 heteroatoms. The number of aliphatic hydroxyl groups excluding tert-OH is 1. The van der Waals surface area contributed by atoms with Crippen LogP contribution < -0.4 is 4.74 Å². The standard InChI is InChI=1S/C13H10Br2O2S/c14-7-1-2-11-8(5-7)10(16)6-12(17-11)13-9(15)3-4-18-13/h1-5,10,12,16H,6H2/t10-,12?/m0/s1. The SMILES string of the molecule is O[C@H]1CC(c2sccc2Br)Oc2ccc(Br)cc21. The molecule has 0 radical (unpaired) electrons. The highest BCUT2D eigenvalue weighted by atomic mass is 79.9. The molecule has 1 aliphatic rings. The second-order valence-corrected chi connectivity index (χ2v) is 6.89. The maximum Gasteiger partial charge on any atom is 0.137 e. The Balaban J connectivity index is 1.97. The van der Waals surface area contributed by atoms with Crippen molar-refractivity contribution >= 4 is 43.2 Å². The van der Waals surface area contributed by atoms with E-state index < -0.39 is 6.10 Å². The van der Waals surface area contributed by atoms with Gasteiger partial charge in [-0.25, -0.2) is 0 Å². The number of hydrogen-bond acceptors (Lipinski definition) is 3. The molecule has 3 rings (SSSR count). The van der Waals surface area contributed by atoms with Gasteiger partial charge in [0.2, 0.25) is 0 Å². The van der Waals surface area contributed by atoms with Gasteiger partial charge >= 0.3 is 0 Å². The molecule has 2 aromatic rings. The fraction of sp³-hybridized carbons (Fsp3) is 0.231. The molecular weight excluding hydrogens is 380 g/mol. The molecule has 0 saturated heterocycles. The summed E-state index contributed by atoms with van der Waals surface area (Å²) >= 11 is 8.57. The van der Waals surface area contributed by atoms with Gasteiger partial charge in [-0.3, -0.25) is 0 Å². The number of thiophene rings is 1. The van der Waals surface area contributed by atoms with Crippen LogP contribution in [0.15, 0.2) is 38.6 Å². The average molecular weight is 390 g/mol. The first-order valence-electron chi connectivity index (χ1n) is 5.52. The Hall–Kier alpha value is -0.360. The van der Waals surface area contributed by atoms with Crippen molar-refractivity contribution in [2.24, 2.45) is 0 Å². The molecule has 1 aromatic carbocycles. The average Bonchev–Trinajstić information content (AvgIpc) is 2.76. The maximum atomic E-state index is 10.2. The predicted molar refractivity (Wildman–Crippen MR) is 79.1 cm³/mol. The van der Waals surface area contributed by atoms with Crippen LogP contribution in [-0.2, 0) is 0 Å². The Kier molecular flexibility index (Phi) is 3.49. The van der Waals surface area contributed by atoms with Crippen molar-refractivity contribution in [2.75, 3.05) is 0 Å². The summed E-state index contributed by atoms with van der Waals surface area (Å²) in [6, 6.07) is 7.75. The molecule has 2 atom stereocenters. The third-order valence-electron chi connectivity index (χ3n) is 2.97. The number of fused-ring (bicyclic) bond motifs is 1. The monoisotopic (exact) mass is 388 g/mol. The second kappa shape index (κ2) is 4.96. The van der Waals surface area contributed by atoms with E-state index in [1.807, 2.05) is 29.6 Å². The number of benzene rings is 1. The zero-order valence-corrected chi connectivity index (χ0v) is 13.3. The quantitative estimate of drug-likeness (QED) is 0.756. The van der Waals surface area contributed by atoms with E-state index in [4.69, 9.17) is 4.74 Å². The highest BCUT2D eigenvalue weighted by molar-refractivity contribution is 9.10. The van der Waals surface area contributed by atoms with Crippen LogP contribution in [0.25, 0.3) is 0 Å². The minimum Gasteiger partial charge on any atom is -0.484 e. The van der Waals surface area contributed by atoms with E-state index in [1.54, 1.807) is 11.3 Å². The summed E-state index contributed by atoms with van der Waals surface area (Å²) < 4.78 is 7.99. The van der Waals surface area contributed by atoms with Gasteiger partial charge < -0.3 is 9.84 Å². The van der Waals surface area contributed by atoms with E-state index in [2.05, 4.69) is 31.9 Å². The molecule has 2 nitrogen and oxygen atoms in total. The van der Waals surface area contributed by atoms with E-state index in [9.17, 15) is 5.11 Å². The molecule has 0 saturated carbocycles. The Bertz CT molecular complexity index is 582. The first-order valence-corrected chi connectivity index (χ1v) is 7.99. The van der Waals surface area contributed by atoms with Gasteiger partial charge in [-0.2, -0.15) is 0 Å². The van der Waals surface area contributed by atoms with E-state index in [0.717, 1.165) is 25.1 Å². The van der Waals surface area contributed by atoms with Gasteiger partial charge in [0.15, 0.2) is 0 Å². The van der Waals surface area contributed by atoms with Crippen LogP contribution in [0.1, 0.15) is 29.1 Å². The lowest BCUT2D eigenvalue weighted by molar-refractivity contribution is 0.0671. The van der Waals surface area contributed by atoms with Crippen molar-refractivity contribution in [2.45, 2.75) is 18.6 Å². The second-order valence-electron chi connectivity index (χ2n) is 4.17. The molecule has 0 amide bonds. The van der Waals surface area contributed by atoms with Crippen LogP contribution in [0.3, 0.4) is 0 Å². The molecule has 1 N–H and O–H groups in total. The lowest BCUT2D eigenvalue weighted by Crippen LogP contribution is -2.18. The molecule has 0 spiro atoms. The van der Waals surface area contributed by atoms with Gasteiger partial charge in [0, 0.05) is 20.9 Å². The van der Waals surface area contributed by atoms with E-state index in [1.165, 1.54) is 0 Å². The summed E-state index contributed by atoms with van der Waals surface area (Å²) in [6.45, 7) is 0. The van der Waals surface area contributed by atoms with E-state index >= 15 is 0 Å². The lowest BCUT2D eigenvalue weighted by atomic mass is 9.98. The number of ether oxygens (including phenoxy) is 1. The normalized spacial score (nSPS) is 22.4. The molecule has 1 aliphatic heterocycles.